The third-order valence-electron chi connectivity index (χ3n) is 12.8. The molecule has 11 heteroatoms. The number of hydrogen-bond donors (Lipinski definition) is 8. The molecule has 11 nitrogen and oxygen atoms in total. The van der Waals surface area contributed by atoms with E-state index in [0.717, 1.165) is 70.6 Å². The molecule has 0 spiro atoms. The molecule has 5 aromatic rings. The van der Waals surface area contributed by atoms with E-state index in [2.05, 4.69) is 15.3 Å². The maximum Gasteiger partial charge on any atom is 0.163 e. The number of nitrogens with one attached hydrogen (secondary N) is 3. The Hall–Kier alpha value is -5.62. The van der Waals surface area contributed by atoms with E-state index < -0.39 is 24.0 Å². The second kappa shape index (κ2) is 19.0. The summed E-state index contributed by atoms with van der Waals surface area (Å²) in [5, 5.41) is 58.5. The van der Waals surface area contributed by atoms with Crippen LogP contribution in [-0.4, -0.2) is 72.4 Å². The lowest BCUT2D eigenvalue weighted by Gasteiger charge is -2.34. The standard InChI is InChI=1S/C50H57N3O8/c54-20-4-6-32-12-13-33-24-35(32)25-34-16-18-52-50(34)53-29-36-26-44-41(17-19-51-44)42(27-38(56)14-10-30-5-3-7-37(55)21-30)47(36)45(58)28-39(57)15-11-31-22-43(48(33)59)49(60)46(23-31)61-40-8-1-2-9-40/h3,5,7,12-13,16-19,21-24,26,38,40,42,47-48,51-56,59-60H,1-2,4,6,8-11,14-15,20,25,27-29H2/t38-,42-,47-,48-/m1/s1. The minimum absolute atomic E-state index is 0.0425. The van der Waals surface area contributed by atoms with E-state index >= 15 is 0 Å². The summed E-state index contributed by atoms with van der Waals surface area (Å²) in [5.41, 5.74) is 8.06. The topological polar surface area (TPSA) is 188 Å². The highest BCUT2D eigenvalue weighted by Crippen LogP contribution is 2.44. The van der Waals surface area contributed by atoms with Gasteiger partial charge in [-0.2, -0.15) is 0 Å². The number of hydrogen-bond acceptors (Lipinski definition) is 9. The number of phenolic OH excluding ortho intramolecular Hbond substituents is 2. The quantitative estimate of drug-likeness (QED) is 0.0652. The van der Waals surface area contributed by atoms with Crippen LogP contribution in [0, 0.1) is 5.92 Å². The van der Waals surface area contributed by atoms with Gasteiger partial charge in [0.25, 0.3) is 0 Å². The minimum Gasteiger partial charge on any atom is -0.508 e. The van der Waals surface area contributed by atoms with Crippen LogP contribution in [0.25, 0.3) is 6.08 Å². The molecular weight excluding hydrogens is 771 g/mol. The van der Waals surface area contributed by atoms with Gasteiger partial charge in [0.05, 0.1) is 18.6 Å². The van der Waals surface area contributed by atoms with Crippen LogP contribution in [0.4, 0.5) is 5.82 Å². The summed E-state index contributed by atoms with van der Waals surface area (Å²) in [6, 6.07) is 20.3. The monoisotopic (exact) mass is 827 g/mol. The molecule has 0 radical (unpaired) electrons. The molecule has 4 bridgehead atoms. The number of benzene rings is 3. The first kappa shape index (κ1) is 42.1. The van der Waals surface area contributed by atoms with E-state index in [-0.39, 0.29) is 66.4 Å². The fourth-order valence-electron chi connectivity index (χ4n) is 9.64. The Labute approximate surface area is 356 Å². The molecule has 2 aromatic heterocycles. The molecule has 8 rings (SSSR count). The van der Waals surface area contributed by atoms with Crippen molar-refractivity contribution in [3.8, 4) is 17.2 Å². The Morgan fingerprint density at radius 3 is 2.51 bits per heavy atom. The number of H-pyrrole nitrogens is 2. The number of aliphatic hydroxyl groups is 3. The number of aromatic nitrogens is 2. The van der Waals surface area contributed by atoms with Crippen LogP contribution in [-0.2, 0) is 35.3 Å². The SMILES string of the molecule is O=C1CCc2cc(OC3CCCC3)c(O)c(c2)[C@H](O)c2ccc(CCCO)c(c2)Cc2cc[nH]c2NCC2=Cc3[nH]ccc3[C@@H](C[C@H](O)CCc3cccc(O)c3)[C@@H]2C(=O)C1. The van der Waals surface area contributed by atoms with Crippen LogP contribution in [0.15, 0.2) is 84.7 Å². The van der Waals surface area contributed by atoms with Gasteiger partial charge >= 0.3 is 0 Å². The van der Waals surface area contributed by atoms with Gasteiger partial charge in [0.2, 0.25) is 0 Å². The number of aliphatic hydroxyl groups excluding tert-OH is 3. The molecule has 3 aromatic carbocycles. The maximum atomic E-state index is 14.7. The Bertz CT molecular complexity index is 2370. The molecular formula is C50H57N3O8. The number of ether oxygens (including phenoxy) is 1. The number of aromatic hydroxyl groups is 2. The minimum atomic E-state index is -1.20. The second-order valence-electron chi connectivity index (χ2n) is 17.2. The van der Waals surface area contributed by atoms with Gasteiger partial charge in [0.1, 0.15) is 29.2 Å². The second-order valence-corrected chi connectivity index (χ2v) is 17.2. The number of carbonyl (C=O) groups excluding carboxylic acids is 2. The lowest BCUT2D eigenvalue weighted by Crippen LogP contribution is -2.33. The first-order chi connectivity index (χ1) is 29.6. The van der Waals surface area contributed by atoms with E-state index in [0.29, 0.717) is 56.2 Å². The van der Waals surface area contributed by atoms with Crippen molar-refractivity contribution in [1.82, 2.24) is 9.97 Å². The van der Waals surface area contributed by atoms with Gasteiger partial charge in [0.15, 0.2) is 11.5 Å². The van der Waals surface area contributed by atoms with E-state index in [1.807, 2.05) is 54.9 Å². The Balaban J connectivity index is 1.15. The fourth-order valence-corrected chi connectivity index (χ4v) is 9.64. The van der Waals surface area contributed by atoms with Gasteiger partial charge in [-0.15, -0.1) is 0 Å². The van der Waals surface area contributed by atoms with Gasteiger partial charge < -0.3 is 45.6 Å². The van der Waals surface area contributed by atoms with Crippen molar-refractivity contribution in [1.29, 1.82) is 0 Å². The molecule has 4 atom stereocenters. The number of phenols is 2. The third-order valence-corrected chi connectivity index (χ3v) is 12.8. The Kier molecular flexibility index (Phi) is 13.1. The molecule has 8 N–H and O–H groups in total. The van der Waals surface area contributed by atoms with Crippen molar-refractivity contribution in [2.45, 2.75) is 108 Å². The third kappa shape index (κ3) is 9.80. The predicted molar refractivity (Wildman–Crippen MR) is 234 cm³/mol. The van der Waals surface area contributed by atoms with Crippen molar-refractivity contribution >= 4 is 23.5 Å². The molecule has 3 aliphatic rings. The molecule has 320 valence electrons. The summed E-state index contributed by atoms with van der Waals surface area (Å²) in [5.74, 6) is -0.428. The Morgan fingerprint density at radius 2 is 1.69 bits per heavy atom. The summed E-state index contributed by atoms with van der Waals surface area (Å²) in [7, 11) is 0. The molecule has 2 aliphatic carbocycles. The smallest absolute Gasteiger partial charge is 0.163 e. The highest BCUT2D eigenvalue weighted by molar-refractivity contribution is 6.02. The average molecular weight is 828 g/mol. The number of ketones is 2. The van der Waals surface area contributed by atoms with Gasteiger partial charge in [-0.1, -0.05) is 30.3 Å². The zero-order valence-corrected chi connectivity index (χ0v) is 34.5. The van der Waals surface area contributed by atoms with Crippen molar-refractivity contribution in [3.05, 3.63) is 135 Å². The first-order valence-corrected chi connectivity index (χ1v) is 21.8. The summed E-state index contributed by atoms with van der Waals surface area (Å²) < 4.78 is 6.35. The van der Waals surface area contributed by atoms with Crippen molar-refractivity contribution in [2.24, 2.45) is 5.92 Å². The molecule has 1 fully saturated rings. The van der Waals surface area contributed by atoms with Gasteiger partial charge in [-0.25, -0.2) is 0 Å². The van der Waals surface area contributed by atoms with Gasteiger partial charge in [0, 0.05) is 61.5 Å². The average Bonchev–Trinajstić information content (AvgIpc) is 4.05. The van der Waals surface area contributed by atoms with Gasteiger partial charge in [-0.05, 0) is 151 Å². The van der Waals surface area contributed by atoms with Crippen molar-refractivity contribution in [2.75, 3.05) is 18.5 Å². The van der Waals surface area contributed by atoms with Crippen molar-refractivity contribution < 1.29 is 39.9 Å². The van der Waals surface area contributed by atoms with E-state index in [4.69, 9.17) is 4.74 Å². The Morgan fingerprint density at radius 1 is 0.852 bits per heavy atom. The fraction of sp³-hybridized carbons (Fsp3) is 0.400. The van der Waals surface area contributed by atoms with Crippen LogP contribution >= 0.6 is 0 Å². The highest BCUT2D eigenvalue weighted by Gasteiger charge is 2.39. The number of aromatic amines is 2. The van der Waals surface area contributed by atoms with E-state index in [1.165, 1.54) is 0 Å². The highest BCUT2D eigenvalue weighted by atomic mass is 16.5. The predicted octanol–water partition coefficient (Wildman–Crippen LogP) is 7.74. The number of Topliss-reactive ketones (excluding diaryl/α,β-unsaturated/α-hetero) is 2. The van der Waals surface area contributed by atoms with Crippen LogP contribution in [0.1, 0.15) is 120 Å². The van der Waals surface area contributed by atoms with E-state index in [1.54, 1.807) is 30.3 Å². The van der Waals surface area contributed by atoms with Crippen LogP contribution < -0.4 is 10.1 Å². The first-order valence-electron chi connectivity index (χ1n) is 21.8. The molecule has 1 aliphatic heterocycles. The maximum absolute atomic E-state index is 14.7. The molecule has 0 amide bonds. The zero-order valence-electron chi connectivity index (χ0n) is 34.5. The summed E-state index contributed by atoms with van der Waals surface area (Å²) in [6.45, 7) is 0.346. The number of rotatable bonds is 10. The molecule has 61 heavy (non-hydrogen) atoms. The summed E-state index contributed by atoms with van der Waals surface area (Å²) in [4.78, 5) is 35.2. The summed E-state index contributed by atoms with van der Waals surface area (Å²) in [6.07, 6.45) is 10.6. The van der Waals surface area contributed by atoms with Crippen molar-refractivity contribution in [3.63, 3.8) is 0 Å². The molecule has 1 saturated carbocycles. The summed E-state index contributed by atoms with van der Waals surface area (Å²) >= 11 is 0. The lowest BCUT2D eigenvalue weighted by molar-refractivity contribution is -0.129. The lowest BCUT2D eigenvalue weighted by atomic mass is 9.71. The number of anilines is 1. The van der Waals surface area contributed by atoms with Gasteiger partial charge in [-0.3, -0.25) is 9.59 Å². The molecule has 3 heterocycles. The number of carbonyl (C=O) groups is 2. The zero-order chi connectivity index (χ0) is 42.5. The van der Waals surface area contributed by atoms with Crippen LogP contribution in [0.2, 0.25) is 0 Å². The van der Waals surface area contributed by atoms with Crippen LogP contribution in [0.3, 0.4) is 0 Å². The number of fused-ring (bicyclic) bond motifs is 7. The largest absolute Gasteiger partial charge is 0.508 e. The number of aryl methyl sites for hydroxylation is 3. The van der Waals surface area contributed by atoms with E-state index in [9.17, 15) is 35.1 Å². The normalized spacial score (nSPS) is 20.3. The van der Waals surface area contributed by atoms with Crippen LogP contribution in [0.5, 0.6) is 17.2 Å². The molecule has 0 unspecified atom stereocenters. The molecule has 0 saturated heterocycles.